The number of rotatable bonds is 6. The maximum atomic E-state index is 7.97. The number of ether oxygens (including phenoxy) is 3. The molecule has 2 heterocycles. The van der Waals surface area contributed by atoms with Crippen LogP contribution in [0, 0.1) is 5.41 Å². The van der Waals surface area contributed by atoms with Crippen molar-refractivity contribution < 1.29 is 14.2 Å². The average molecular weight is 513 g/mol. The zero-order valence-electron chi connectivity index (χ0n) is 20.3. The molecule has 0 atom stereocenters. The molecule has 5 aromatic rings. The maximum absolute atomic E-state index is 7.97. The van der Waals surface area contributed by atoms with Gasteiger partial charge in [0.2, 0.25) is 0 Å². The summed E-state index contributed by atoms with van der Waals surface area (Å²) < 4.78 is 16.5. The molecule has 0 aliphatic carbocycles. The molecular weight excluding hydrogens is 488 g/mol. The van der Waals surface area contributed by atoms with Crippen molar-refractivity contribution in [2.45, 2.75) is 0 Å². The van der Waals surface area contributed by atoms with Crippen molar-refractivity contribution in [1.29, 1.82) is 5.41 Å². The second-order valence-electron chi connectivity index (χ2n) is 7.77. The van der Waals surface area contributed by atoms with Crippen molar-refractivity contribution in [3.8, 4) is 23.0 Å². The highest BCUT2D eigenvalue weighted by Crippen LogP contribution is 2.38. The van der Waals surface area contributed by atoms with E-state index in [1.807, 2.05) is 60.7 Å². The van der Waals surface area contributed by atoms with Crippen LogP contribution in [0.5, 0.6) is 23.0 Å². The number of pyridine rings is 2. The summed E-state index contributed by atoms with van der Waals surface area (Å²) in [6.07, 6.45) is 1.64. The molecule has 0 amide bonds. The van der Waals surface area contributed by atoms with Crippen molar-refractivity contribution in [1.82, 2.24) is 9.97 Å². The third-order valence-corrected chi connectivity index (χ3v) is 5.66. The Kier molecular flexibility index (Phi) is 8.18. The minimum atomic E-state index is 0.190. The molecule has 8 heteroatoms. The van der Waals surface area contributed by atoms with Gasteiger partial charge in [0, 0.05) is 17.6 Å². The number of nitrogens with zero attached hydrogens (tertiary/aromatic N) is 2. The van der Waals surface area contributed by atoms with Gasteiger partial charge in [-0.15, -0.1) is 0 Å². The Hall–Kier alpha value is -4.62. The Labute approximate surface area is 219 Å². The summed E-state index contributed by atoms with van der Waals surface area (Å²) in [6, 6.07) is 28.1. The van der Waals surface area contributed by atoms with E-state index in [9.17, 15) is 0 Å². The van der Waals surface area contributed by atoms with Crippen LogP contribution >= 0.6 is 11.6 Å². The second kappa shape index (κ2) is 11.9. The third kappa shape index (κ3) is 6.15. The zero-order chi connectivity index (χ0) is 26.2. The molecule has 0 aliphatic heterocycles. The summed E-state index contributed by atoms with van der Waals surface area (Å²) in [5.41, 5.74) is 8.79. The molecule has 7 nitrogen and oxygen atoms in total. The lowest BCUT2D eigenvalue weighted by Crippen LogP contribution is -1.99. The Morgan fingerprint density at radius 3 is 1.92 bits per heavy atom. The Morgan fingerprint density at radius 2 is 1.35 bits per heavy atom. The van der Waals surface area contributed by atoms with Crippen LogP contribution < -0.4 is 19.9 Å². The summed E-state index contributed by atoms with van der Waals surface area (Å²) >= 11 is 6.06. The van der Waals surface area contributed by atoms with Crippen LogP contribution in [0.25, 0.3) is 10.9 Å². The van der Waals surface area contributed by atoms with Crippen LogP contribution in [-0.2, 0) is 0 Å². The topological polar surface area (TPSA) is 103 Å². The normalized spacial score (nSPS) is 10.2. The predicted octanol–water partition coefficient (Wildman–Crippen LogP) is 6.78. The van der Waals surface area contributed by atoms with E-state index in [4.69, 9.17) is 37.0 Å². The van der Waals surface area contributed by atoms with Gasteiger partial charge in [0.1, 0.15) is 11.6 Å². The minimum Gasteiger partial charge on any atom is -0.493 e. The van der Waals surface area contributed by atoms with Gasteiger partial charge in [-0.2, -0.15) is 0 Å². The number of hydrogen-bond donors (Lipinski definition) is 2. The molecule has 5 rings (SSSR count). The van der Waals surface area contributed by atoms with Gasteiger partial charge in [-0.05, 0) is 35.4 Å². The van der Waals surface area contributed by atoms with Crippen LogP contribution in [0.4, 0.5) is 5.82 Å². The molecule has 0 radical (unpaired) electrons. The molecule has 0 fully saturated rings. The number of benzene rings is 3. The van der Waals surface area contributed by atoms with Crippen molar-refractivity contribution in [2.24, 2.45) is 0 Å². The van der Waals surface area contributed by atoms with Crippen molar-refractivity contribution in [3.63, 3.8) is 0 Å². The standard InChI is InChI=1S/C16H14ClN3O3.C13H11N/c1-21-13-7-9-10(8-14(13)22-2)19-6-5-11(9)23-12-3-4-15(18)20-16(12)17;14-13(11-7-3-1-4-8-11)12-9-5-2-6-10-12/h3-8H,1-2H3,(H2,18,20);1-10,14H. The number of nitrogens with one attached hydrogen (secondary N) is 1. The SMILES string of the molecule is COc1cc2nccc(Oc3ccc(N)nc3Cl)c2cc1OC.N=C(c1ccccc1)c1ccccc1. The third-order valence-electron chi connectivity index (χ3n) is 5.39. The molecule has 0 saturated heterocycles. The monoisotopic (exact) mass is 512 g/mol. The van der Waals surface area contributed by atoms with Gasteiger partial charge in [0.05, 0.1) is 25.4 Å². The lowest BCUT2D eigenvalue weighted by atomic mass is 10.0. The van der Waals surface area contributed by atoms with Crippen LogP contribution in [0.15, 0.2) is 97.2 Å². The number of nitrogens with two attached hydrogens (primary N) is 1. The summed E-state index contributed by atoms with van der Waals surface area (Å²) in [6.45, 7) is 0. The fourth-order valence-corrected chi connectivity index (χ4v) is 3.74. The van der Waals surface area contributed by atoms with Crippen LogP contribution in [0.1, 0.15) is 11.1 Å². The average Bonchev–Trinajstić information content (AvgIpc) is 2.94. The van der Waals surface area contributed by atoms with E-state index in [1.165, 1.54) is 0 Å². The summed E-state index contributed by atoms with van der Waals surface area (Å²) in [5.74, 6) is 2.48. The minimum absolute atomic E-state index is 0.190. The van der Waals surface area contributed by atoms with E-state index in [-0.39, 0.29) is 5.15 Å². The van der Waals surface area contributed by atoms with E-state index in [0.29, 0.717) is 40.0 Å². The first-order valence-corrected chi connectivity index (χ1v) is 11.7. The van der Waals surface area contributed by atoms with Gasteiger partial charge in [-0.1, -0.05) is 72.3 Å². The maximum Gasteiger partial charge on any atom is 0.173 e. The highest BCUT2D eigenvalue weighted by Gasteiger charge is 2.13. The first-order valence-electron chi connectivity index (χ1n) is 11.3. The Bertz CT molecular complexity index is 1470. The lowest BCUT2D eigenvalue weighted by Gasteiger charge is -2.12. The van der Waals surface area contributed by atoms with Crippen molar-refractivity contribution in [3.05, 3.63) is 113 Å². The zero-order valence-corrected chi connectivity index (χ0v) is 21.1. The molecule has 0 spiro atoms. The van der Waals surface area contributed by atoms with Crippen LogP contribution in [0.2, 0.25) is 5.15 Å². The number of fused-ring (bicyclic) bond motifs is 1. The van der Waals surface area contributed by atoms with Gasteiger partial charge < -0.3 is 19.9 Å². The summed E-state index contributed by atoms with van der Waals surface area (Å²) in [4.78, 5) is 8.29. The number of aromatic nitrogens is 2. The molecule has 2 aromatic heterocycles. The van der Waals surface area contributed by atoms with E-state index < -0.39 is 0 Å². The van der Waals surface area contributed by atoms with Gasteiger partial charge in [0.25, 0.3) is 0 Å². The number of nitrogen functional groups attached to an aromatic ring is 1. The quantitative estimate of drug-likeness (QED) is 0.192. The van der Waals surface area contributed by atoms with E-state index in [2.05, 4.69) is 9.97 Å². The molecule has 0 unspecified atom stereocenters. The Morgan fingerprint density at radius 1 is 0.757 bits per heavy atom. The molecule has 0 bridgehead atoms. The number of anilines is 1. The van der Waals surface area contributed by atoms with Gasteiger partial charge in [-0.25, -0.2) is 4.98 Å². The first-order chi connectivity index (χ1) is 18.0. The van der Waals surface area contributed by atoms with Crippen molar-refractivity contribution >= 4 is 34.0 Å². The predicted molar refractivity (Wildman–Crippen MR) is 147 cm³/mol. The summed E-state index contributed by atoms with van der Waals surface area (Å²) in [7, 11) is 3.14. The Balaban J connectivity index is 0.000000195. The molecular formula is C29H25ClN4O3. The second-order valence-corrected chi connectivity index (χ2v) is 8.13. The largest absolute Gasteiger partial charge is 0.493 e. The van der Waals surface area contributed by atoms with Crippen molar-refractivity contribution in [2.75, 3.05) is 20.0 Å². The van der Waals surface area contributed by atoms with Gasteiger partial charge >= 0.3 is 0 Å². The fraction of sp³-hybridized carbons (Fsp3) is 0.0690. The number of methoxy groups -OCH3 is 2. The molecule has 37 heavy (non-hydrogen) atoms. The van der Waals surface area contributed by atoms with Gasteiger partial charge in [-0.3, -0.25) is 10.4 Å². The number of halogens is 1. The van der Waals surface area contributed by atoms with Gasteiger partial charge in [0.15, 0.2) is 22.4 Å². The molecule has 3 N–H and O–H groups in total. The molecule has 0 aliphatic rings. The lowest BCUT2D eigenvalue weighted by molar-refractivity contribution is 0.355. The molecule has 3 aromatic carbocycles. The highest BCUT2D eigenvalue weighted by atomic mass is 35.5. The summed E-state index contributed by atoms with van der Waals surface area (Å²) in [5, 5.41) is 8.92. The van der Waals surface area contributed by atoms with E-state index in [1.54, 1.807) is 50.7 Å². The first kappa shape index (κ1) is 25.5. The number of hydrogen-bond acceptors (Lipinski definition) is 7. The van der Waals surface area contributed by atoms with Crippen LogP contribution in [-0.4, -0.2) is 29.9 Å². The van der Waals surface area contributed by atoms with E-state index >= 15 is 0 Å². The fourth-order valence-electron chi connectivity index (χ4n) is 3.54. The smallest absolute Gasteiger partial charge is 0.173 e. The highest BCUT2D eigenvalue weighted by molar-refractivity contribution is 6.31. The molecule has 0 saturated carbocycles. The van der Waals surface area contributed by atoms with E-state index in [0.717, 1.165) is 16.5 Å². The van der Waals surface area contributed by atoms with Crippen LogP contribution in [0.3, 0.4) is 0 Å². The molecule has 186 valence electrons.